The molecule has 8 heteroatoms. The number of nitrogens with one attached hydrogen (secondary N) is 1. The highest BCUT2D eigenvalue weighted by Gasteiger charge is 2.30. The largest absolute Gasteiger partial charge is 0.444 e. The first kappa shape index (κ1) is 20.0. The second-order valence-electron chi connectivity index (χ2n) is 8.10. The molecule has 26 heavy (non-hydrogen) atoms. The number of rotatable bonds is 1. The fourth-order valence-corrected chi connectivity index (χ4v) is 3.69. The molecule has 142 valence electrons. The Morgan fingerprint density at radius 2 is 1.77 bits per heavy atom. The maximum atomic E-state index is 12.3. The van der Waals surface area contributed by atoms with Crippen LogP contribution in [0.15, 0.2) is 0 Å². The molecule has 1 aliphatic heterocycles. The standard InChI is InChI=1S/C18H25N3O4S/c1-17(2,3)24-15(22)20-14-12(9-19)11-7-8-21(10-13(11)26-14)16(23)25-18(4,5)6/h7-8,10H2,1-6H3,(H,20,22). The van der Waals surface area contributed by atoms with Crippen molar-refractivity contribution in [2.24, 2.45) is 0 Å². The molecule has 0 bridgehead atoms. The summed E-state index contributed by atoms with van der Waals surface area (Å²) in [4.78, 5) is 26.8. The third-order valence-corrected chi connectivity index (χ3v) is 4.57. The Morgan fingerprint density at radius 3 is 2.31 bits per heavy atom. The summed E-state index contributed by atoms with van der Waals surface area (Å²) in [7, 11) is 0. The average molecular weight is 379 g/mol. The number of ether oxygens (including phenoxy) is 2. The van der Waals surface area contributed by atoms with E-state index in [0.717, 1.165) is 10.4 Å². The number of anilines is 1. The summed E-state index contributed by atoms with van der Waals surface area (Å²) >= 11 is 1.30. The second-order valence-corrected chi connectivity index (χ2v) is 9.20. The van der Waals surface area contributed by atoms with Crippen LogP contribution in [0.5, 0.6) is 0 Å². The Morgan fingerprint density at radius 1 is 1.15 bits per heavy atom. The SMILES string of the molecule is CC(C)(C)OC(=O)Nc1sc2c(c1C#N)CCN(C(=O)OC(C)(C)C)C2. The summed E-state index contributed by atoms with van der Waals surface area (Å²) in [5, 5.41) is 12.6. The molecule has 1 aliphatic rings. The van der Waals surface area contributed by atoms with E-state index in [1.165, 1.54) is 11.3 Å². The van der Waals surface area contributed by atoms with Gasteiger partial charge in [-0.1, -0.05) is 0 Å². The third kappa shape index (κ3) is 5.11. The fourth-order valence-electron chi connectivity index (χ4n) is 2.49. The van der Waals surface area contributed by atoms with E-state index < -0.39 is 17.3 Å². The van der Waals surface area contributed by atoms with E-state index in [1.54, 1.807) is 25.7 Å². The van der Waals surface area contributed by atoms with Gasteiger partial charge < -0.3 is 14.4 Å². The zero-order valence-corrected chi connectivity index (χ0v) is 16.9. The van der Waals surface area contributed by atoms with Crippen molar-refractivity contribution in [2.75, 3.05) is 11.9 Å². The molecule has 2 heterocycles. The van der Waals surface area contributed by atoms with Gasteiger partial charge in [0, 0.05) is 11.4 Å². The molecule has 0 saturated carbocycles. The number of fused-ring (bicyclic) bond motifs is 1. The van der Waals surface area contributed by atoms with Crippen molar-refractivity contribution >= 4 is 28.5 Å². The fraction of sp³-hybridized carbons (Fsp3) is 0.611. The monoisotopic (exact) mass is 379 g/mol. The van der Waals surface area contributed by atoms with E-state index >= 15 is 0 Å². The number of carbonyl (C=O) groups excluding carboxylic acids is 2. The van der Waals surface area contributed by atoms with Crippen LogP contribution in [0.2, 0.25) is 0 Å². The molecule has 0 spiro atoms. The maximum absolute atomic E-state index is 12.3. The van der Waals surface area contributed by atoms with Gasteiger partial charge in [-0.15, -0.1) is 11.3 Å². The molecule has 0 atom stereocenters. The van der Waals surface area contributed by atoms with E-state index in [0.29, 0.717) is 30.1 Å². The van der Waals surface area contributed by atoms with Gasteiger partial charge in [-0.2, -0.15) is 5.26 Å². The van der Waals surface area contributed by atoms with Crippen LogP contribution in [0.1, 0.15) is 57.5 Å². The van der Waals surface area contributed by atoms with Crippen molar-refractivity contribution in [1.29, 1.82) is 5.26 Å². The Bertz CT molecular complexity index is 750. The van der Waals surface area contributed by atoms with E-state index in [2.05, 4.69) is 11.4 Å². The van der Waals surface area contributed by atoms with E-state index in [1.807, 2.05) is 20.8 Å². The minimum Gasteiger partial charge on any atom is -0.444 e. The van der Waals surface area contributed by atoms with Gasteiger partial charge in [0.1, 0.15) is 22.3 Å². The highest BCUT2D eigenvalue weighted by atomic mass is 32.1. The summed E-state index contributed by atoms with van der Waals surface area (Å²) in [6.07, 6.45) is -0.433. The summed E-state index contributed by atoms with van der Waals surface area (Å²) in [5.41, 5.74) is 0.137. The van der Waals surface area contributed by atoms with Crippen LogP contribution in [0, 0.1) is 11.3 Å². The summed E-state index contributed by atoms with van der Waals surface area (Å²) in [6, 6.07) is 2.16. The first-order valence-corrected chi connectivity index (χ1v) is 9.24. The van der Waals surface area contributed by atoms with Crippen LogP contribution >= 0.6 is 11.3 Å². The lowest BCUT2D eigenvalue weighted by atomic mass is 10.0. The molecule has 2 rings (SSSR count). The molecule has 2 amide bonds. The average Bonchev–Trinajstić information content (AvgIpc) is 2.78. The summed E-state index contributed by atoms with van der Waals surface area (Å²) in [6.45, 7) is 11.6. The van der Waals surface area contributed by atoms with Crippen LogP contribution in [-0.4, -0.2) is 34.8 Å². The van der Waals surface area contributed by atoms with Crippen molar-refractivity contribution in [2.45, 2.75) is 65.7 Å². The van der Waals surface area contributed by atoms with Crippen molar-refractivity contribution in [3.8, 4) is 6.07 Å². The Labute approximate surface area is 157 Å². The molecule has 0 fully saturated rings. The highest BCUT2D eigenvalue weighted by Crippen LogP contribution is 2.37. The molecule has 7 nitrogen and oxygen atoms in total. The van der Waals surface area contributed by atoms with Crippen molar-refractivity contribution in [3.05, 3.63) is 16.0 Å². The van der Waals surface area contributed by atoms with Crippen molar-refractivity contribution < 1.29 is 19.1 Å². The molecular formula is C18H25N3O4S. The lowest BCUT2D eigenvalue weighted by Gasteiger charge is -2.29. The number of carbonyl (C=O) groups is 2. The summed E-state index contributed by atoms with van der Waals surface area (Å²) < 4.78 is 10.7. The van der Waals surface area contributed by atoms with Gasteiger partial charge >= 0.3 is 12.2 Å². The predicted octanol–water partition coefficient (Wildman–Crippen LogP) is 4.26. The molecule has 1 N–H and O–H groups in total. The van der Waals surface area contributed by atoms with Crippen LogP contribution in [0.25, 0.3) is 0 Å². The number of nitriles is 1. The maximum Gasteiger partial charge on any atom is 0.412 e. The van der Waals surface area contributed by atoms with Gasteiger partial charge in [0.15, 0.2) is 0 Å². The Balaban J connectivity index is 2.17. The minimum absolute atomic E-state index is 0.361. The molecule has 0 aromatic carbocycles. The van der Waals surface area contributed by atoms with Crippen LogP contribution in [-0.2, 0) is 22.4 Å². The predicted molar refractivity (Wildman–Crippen MR) is 99.2 cm³/mol. The molecule has 0 aliphatic carbocycles. The molecule has 0 unspecified atom stereocenters. The van der Waals surface area contributed by atoms with Gasteiger partial charge in [0.2, 0.25) is 0 Å². The summed E-state index contributed by atoms with van der Waals surface area (Å²) in [5.74, 6) is 0. The minimum atomic E-state index is -0.624. The van der Waals surface area contributed by atoms with E-state index in [4.69, 9.17) is 9.47 Å². The number of amides is 2. The Kier molecular flexibility index (Phi) is 5.52. The van der Waals surface area contributed by atoms with E-state index in [-0.39, 0.29) is 6.09 Å². The lowest BCUT2D eigenvalue weighted by Crippen LogP contribution is -2.39. The van der Waals surface area contributed by atoms with Gasteiger partial charge in [0.25, 0.3) is 0 Å². The van der Waals surface area contributed by atoms with Gasteiger partial charge in [-0.25, -0.2) is 9.59 Å². The molecule has 1 aromatic heterocycles. The molecular weight excluding hydrogens is 354 g/mol. The molecule has 0 radical (unpaired) electrons. The topological polar surface area (TPSA) is 91.7 Å². The van der Waals surface area contributed by atoms with Gasteiger partial charge in [-0.05, 0) is 53.5 Å². The van der Waals surface area contributed by atoms with E-state index in [9.17, 15) is 14.9 Å². The number of nitrogens with zero attached hydrogens (tertiary/aromatic N) is 2. The zero-order chi connectivity index (χ0) is 19.7. The third-order valence-electron chi connectivity index (χ3n) is 3.43. The number of hydrogen-bond donors (Lipinski definition) is 1. The first-order valence-electron chi connectivity index (χ1n) is 8.42. The number of thiophene rings is 1. The molecule has 1 aromatic rings. The smallest absolute Gasteiger partial charge is 0.412 e. The van der Waals surface area contributed by atoms with Crippen LogP contribution < -0.4 is 5.32 Å². The van der Waals surface area contributed by atoms with Gasteiger partial charge in [0.05, 0.1) is 12.1 Å². The quantitative estimate of drug-likeness (QED) is 0.787. The van der Waals surface area contributed by atoms with Gasteiger partial charge in [-0.3, -0.25) is 5.32 Å². The van der Waals surface area contributed by atoms with Crippen LogP contribution in [0.3, 0.4) is 0 Å². The zero-order valence-electron chi connectivity index (χ0n) is 16.1. The first-order chi connectivity index (χ1) is 11.9. The highest BCUT2D eigenvalue weighted by molar-refractivity contribution is 7.16. The normalized spacial score (nSPS) is 14.3. The van der Waals surface area contributed by atoms with Crippen LogP contribution in [0.4, 0.5) is 14.6 Å². The molecule has 0 saturated heterocycles. The number of hydrogen-bond acceptors (Lipinski definition) is 6. The Hall–Kier alpha value is -2.27. The second kappa shape index (κ2) is 7.16. The van der Waals surface area contributed by atoms with Crippen molar-refractivity contribution in [3.63, 3.8) is 0 Å². The lowest BCUT2D eigenvalue weighted by molar-refractivity contribution is 0.0226. The van der Waals surface area contributed by atoms with Crippen molar-refractivity contribution in [1.82, 2.24) is 4.90 Å².